The fourth-order valence-corrected chi connectivity index (χ4v) is 2.31. The second-order valence-electron chi connectivity index (χ2n) is 5.08. The van der Waals surface area contributed by atoms with E-state index in [2.05, 4.69) is 0 Å². The lowest BCUT2D eigenvalue weighted by Crippen LogP contribution is -2.34. The minimum Gasteiger partial charge on any atom is -0.408 e. The molecule has 0 saturated carbocycles. The number of carbonyl (C=O) groups excluding carboxylic acids is 1. The summed E-state index contributed by atoms with van der Waals surface area (Å²) in [6.45, 7) is 1.50. The third-order valence-corrected chi connectivity index (χ3v) is 3.52. The van der Waals surface area contributed by atoms with Crippen molar-refractivity contribution in [1.29, 1.82) is 0 Å². The maximum atomic E-state index is 12.3. The third kappa shape index (κ3) is 4.37. The first-order valence-electron chi connectivity index (χ1n) is 7.24. The SMILES string of the molecule is CCN(CCC(F)(F)F)C(=O)CCn1c(=O)oc2ccccc21. The van der Waals surface area contributed by atoms with Crippen molar-refractivity contribution in [3.05, 3.63) is 34.8 Å². The van der Waals surface area contributed by atoms with Crippen molar-refractivity contribution in [2.24, 2.45) is 0 Å². The second-order valence-corrected chi connectivity index (χ2v) is 5.08. The normalized spacial score (nSPS) is 11.8. The first-order chi connectivity index (χ1) is 10.8. The van der Waals surface area contributed by atoms with Crippen molar-refractivity contribution >= 4 is 17.0 Å². The molecule has 0 aliphatic rings. The zero-order valence-electron chi connectivity index (χ0n) is 12.6. The molecular weight excluding hydrogens is 313 g/mol. The van der Waals surface area contributed by atoms with E-state index >= 15 is 0 Å². The molecule has 23 heavy (non-hydrogen) atoms. The van der Waals surface area contributed by atoms with Gasteiger partial charge < -0.3 is 9.32 Å². The highest BCUT2D eigenvalue weighted by Crippen LogP contribution is 2.20. The van der Waals surface area contributed by atoms with Crippen LogP contribution in [-0.4, -0.2) is 34.6 Å². The molecule has 0 N–H and O–H groups in total. The molecule has 1 amide bonds. The average molecular weight is 330 g/mol. The third-order valence-electron chi connectivity index (χ3n) is 3.52. The second kappa shape index (κ2) is 6.89. The number of benzene rings is 1. The van der Waals surface area contributed by atoms with Crippen LogP contribution in [0.2, 0.25) is 0 Å². The molecule has 8 heteroatoms. The van der Waals surface area contributed by atoms with E-state index in [0.717, 1.165) is 4.90 Å². The molecule has 1 aromatic heterocycles. The first-order valence-corrected chi connectivity index (χ1v) is 7.24. The van der Waals surface area contributed by atoms with E-state index < -0.39 is 24.3 Å². The van der Waals surface area contributed by atoms with Crippen LogP contribution in [0, 0.1) is 0 Å². The molecule has 0 aliphatic carbocycles. The molecule has 126 valence electrons. The lowest BCUT2D eigenvalue weighted by atomic mass is 10.3. The minimum atomic E-state index is -4.30. The van der Waals surface area contributed by atoms with E-state index in [0.29, 0.717) is 11.1 Å². The van der Waals surface area contributed by atoms with E-state index in [1.165, 1.54) is 4.57 Å². The topological polar surface area (TPSA) is 55.5 Å². The Morgan fingerprint density at radius 3 is 2.65 bits per heavy atom. The monoisotopic (exact) mass is 330 g/mol. The van der Waals surface area contributed by atoms with Gasteiger partial charge in [-0.05, 0) is 19.1 Å². The number of nitrogens with zero attached hydrogens (tertiary/aromatic N) is 2. The van der Waals surface area contributed by atoms with Crippen molar-refractivity contribution in [1.82, 2.24) is 9.47 Å². The number of oxazole rings is 1. The quantitative estimate of drug-likeness (QED) is 0.818. The number of carbonyl (C=O) groups is 1. The van der Waals surface area contributed by atoms with Crippen LogP contribution in [0.3, 0.4) is 0 Å². The number of hydrogen-bond acceptors (Lipinski definition) is 3. The summed E-state index contributed by atoms with van der Waals surface area (Å²) in [5, 5.41) is 0. The molecule has 0 radical (unpaired) electrons. The fourth-order valence-electron chi connectivity index (χ4n) is 2.31. The fraction of sp³-hybridized carbons (Fsp3) is 0.467. The Kier molecular flexibility index (Phi) is 5.12. The Morgan fingerprint density at radius 2 is 2.00 bits per heavy atom. The van der Waals surface area contributed by atoms with Gasteiger partial charge in [-0.3, -0.25) is 9.36 Å². The highest BCUT2D eigenvalue weighted by Gasteiger charge is 2.28. The number of para-hydroxylation sites is 2. The van der Waals surface area contributed by atoms with Crippen LogP contribution in [0.1, 0.15) is 19.8 Å². The van der Waals surface area contributed by atoms with E-state index in [1.54, 1.807) is 31.2 Å². The van der Waals surface area contributed by atoms with Crippen molar-refractivity contribution in [3.8, 4) is 0 Å². The summed E-state index contributed by atoms with van der Waals surface area (Å²) in [7, 11) is 0. The van der Waals surface area contributed by atoms with Gasteiger partial charge in [0, 0.05) is 26.1 Å². The van der Waals surface area contributed by atoms with Crippen LogP contribution in [0.5, 0.6) is 0 Å². The maximum absolute atomic E-state index is 12.3. The lowest BCUT2D eigenvalue weighted by molar-refractivity contribution is -0.145. The molecule has 0 fully saturated rings. The largest absolute Gasteiger partial charge is 0.419 e. The molecule has 5 nitrogen and oxygen atoms in total. The molecule has 0 atom stereocenters. The zero-order valence-corrected chi connectivity index (χ0v) is 12.6. The predicted octanol–water partition coefficient (Wildman–Crippen LogP) is 2.79. The Morgan fingerprint density at radius 1 is 1.30 bits per heavy atom. The summed E-state index contributed by atoms with van der Waals surface area (Å²) in [6, 6.07) is 6.77. The molecule has 0 aliphatic heterocycles. The molecule has 0 saturated heterocycles. The minimum absolute atomic E-state index is 0.0604. The Bertz CT molecular complexity index is 733. The highest BCUT2D eigenvalue weighted by molar-refractivity contribution is 5.77. The van der Waals surface area contributed by atoms with Gasteiger partial charge in [0.25, 0.3) is 0 Å². The van der Waals surface area contributed by atoms with E-state index in [4.69, 9.17) is 4.42 Å². The molecule has 0 spiro atoms. The van der Waals surface area contributed by atoms with Crippen molar-refractivity contribution in [2.45, 2.75) is 32.5 Å². The average Bonchev–Trinajstić information content (AvgIpc) is 2.80. The first kappa shape index (κ1) is 17.1. The van der Waals surface area contributed by atoms with Gasteiger partial charge in [-0.1, -0.05) is 12.1 Å². The Balaban J connectivity index is 2.02. The van der Waals surface area contributed by atoms with Gasteiger partial charge in [0.05, 0.1) is 11.9 Å². The Hall–Kier alpha value is -2.25. The van der Waals surface area contributed by atoms with Crippen molar-refractivity contribution < 1.29 is 22.4 Å². The van der Waals surface area contributed by atoms with Crippen molar-refractivity contribution in [3.63, 3.8) is 0 Å². The standard InChI is InChI=1S/C15H17F3N2O3/c1-2-19(10-8-15(16,17)18)13(21)7-9-20-11-5-3-4-6-12(11)23-14(20)22/h3-6H,2,7-10H2,1H3. The van der Waals surface area contributed by atoms with Gasteiger partial charge in [0.2, 0.25) is 5.91 Å². The van der Waals surface area contributed by atoms with Gasteiger partial charge in [-0.25, -0.2) is 4.79 Å². The van der Waals surface area contributed by atoms with Crippen LogP contribution >= 0.6 is 0 Å². The van der Waals surface area contributed by atoms with E-state index in [-0.39, 0.29) is 26.1 Å². The number of fused-ring (bicyclic) bond motifs is 1. The van der Waals surface area contributed by atoms with Gasteiger partial charge >= 0.3 is 11.9 Å². The summed E-state index contributed by atoms with van der Waals surface area (Å²) in [6.07, 6.45) is -5.40. The van der Waals surface area contributed by atoms with Crippen LogP contribution in [-0.2, 0) is 11.3 Å². The summed E-state index contributed by atoms with van der Waals surface area (Å²) < 4.78 is 43.1. The van der Waals surface area contributed by atoms with Gasteiger partial charge in [0.1, 0.15) is 0 Å². The van der Waals surface area contributed by atoms with E-state index in [9.17, 15) is 22.8 Å². The smallest absolute Gasteiger partial charge is 0.408 e. The van der Waals surface area contributed by atoms with Crippen LogP contribution in [0.15, 0.2) is 33.5 Å². The van der Waals surface area contributed by atoms with Crippen molar-refractivity contribution in [2.75, 3.05) is 13.1 Å². The molecular formula is C15H17F3N2O3. The highest BCUT2D eigenvalue weighted by atomic mass is 19.4. The number of hydrogen-bond donors (Lipinski definition) is 0. The van der Waals surface area contributed by atoms with E-state index in [1.807, 2.05) is 0 Å². The van der Waals surface area contributed by atoms with Gasteiger partial charge in [-0.15, -0.1) is 0 Å². The molecule has 1 heterocycles. The van der Waals surface area contributed by atoms with Gasteiger partial charge in [0.15, 0.2) is 5.58 Å². The number of alkyl halides is 3. The van der Waals surface area contributed by atoms with Crippen LogP contribution < -0.4 is 5.76 Å². The summed E-state index contributed by atoms with van der Waals surface area (Å²) >= 11 is 0. The zero-order chi connectivity index (χ0) is 17.0. The summed E-state index contributed by atoms with van der Waals surface area (Å²) in [5.74, 6) is -1.01. The number of aryl methyl sites for hydroxylation is 1. The number of halogens is 3. The lowest BCUT2D eigenvalue weighted by Gasteiger charge is -2.21. The molecule has 2 rings (SSSR count). The molecule has 1 aromatic carbocycles. The maximum Gasteiger partial charge on any atom is 0.419 e. The summed E-state index contributed by atoms with van der Waals surface area (Å²) in [4.78, 5) is 25.0. The molecule has 0 unspecified atom stereocenters. The van der Waals surface area contributed by atoms with Crippen LogP contribution in [0.4, 0.5) is 13.2 Å². The number of rotatable bonds is 6. The Labute approximate surface area is 130 Å². The number of amides is 1. The number of aromatic nitrogens is 1. The predicted molar refractivity (Wildman–Crippen MR) is 78.0 cm³/mol. The summed E-state index contributed by atoms with van der Waals surface area (Å²) in [5.41, 5.74) is 0.970. The van der Waals surface area contributed by atoms with Gasteiger partial charge in [-0.2, -0.15) is 13.2 Å². The van der Waals surface area contributed by atoms with Crippen LogP contribution in [0.25, 0.3) is 11.1 Å². The molecule has 2 aromatic rings. The molecule has 0 bridgehead atoms.